The molecule has 1 saturated heterocycles. The van der Waals surface area contributed by atoms with Crippen LogP contribution in [0.3, 0.4) is 0 Å². The summed E-state index contributed by atoms with van der Waals surface area (Å²) in [7, 11) is 0. The SMILES string of the molecule is N#Cc1ccc2ncn([C@@H]3CCCNC3)c(=O)c2c1. The molecule has 0 amide bonds. The minimum Gasteiger partial charge on any atom is -0.315 e. The van der Waals surface area contributed by atoms with Crippen LogP contribution in [0.4, 0.5) is 0 Å². The second-order valence-corrected chi connectivity index (χ2v) is 4.80. The van der Waals surface area contributed by atoms with Crippen LogP contribution in [0, 0.1) is 11.3 Å². The van der Waals surface area contributed by atoms with E-state index in [4.69, 9.17) is 5.26 Å². The zero-order valence-corrected chi connectivity index (χ0v) is 10.5. The topological polar surface area (TPSA) is 70.7 Å². The Hall–Kier alpha value is -2.19. The predicted molar refractivity (Wildman–Crippen MR) is 71.9 cm³/mol. The van der Waals surface area contributed by atoms with Crippen LogP contribution in [0.5, 0.6) is 0 Å². The van der Waals surface area contributed by atoms with Crippen molar-refractivity contribution in [2.45, 2.75) is 18.9 Å². The van der Waals surface area contributed by atoms with E-state index in [9.17, 15) is 4.79 Å². The third-order valence-electron chi connectivity index (χ3n) is 3.58. The fraction of sp³-hybridized carbons (Fsp3) is 0.357. The summed E-state index contributed by atoms with van der Waals surface area (Å²) >= 11 is 0. The van der Waals surface area contributed by atoms with Crippen molar-refractivity contribution in [3.63, 3.8) is 0 Å². The molecule has 3 rings (SSSR count). The van der Waals surface area contributed by atoms with Gasteiger partial charge in [0, 0.05) is 6.54 Å². The van der Waals surface area contributed by atoms with Crippen molar-refractivity contribution in [1.82, 2.24) is 14.9 Å². The van der Waals surface area contributed by atoms with E-state index >= 15 is 0 Å². The van der Waals surface area contributed by atoms with E-state index in [2.05, 4.69) is 16.4 Å². The normalized spacial score (nSPS) is 19.2. The number of nitrogens with zero attached hydrogens (tertiary/aromatic N) is 3. The van der Waals surface area contributed by atoms with E-state index in [-0.39, 0.29) is 11.6 Å². The molecular formula is C14H14N4O. The van der Waals surface area contributed by atoms with Crippen molar-refractivity contribution in [3.8, 4) is 6.07 Å². The van der Waals surface area contributed by atoms with Gasteiger partial charge < -0.3 is 5.32 Å². The molecule has 0 spiro atoms. The molecule has 1 fully saturated rings. The van der Waals surface area contributed by atoms with Gasteiger partial charge in [-0.2, -0.15) is 5.26 Å². The number of nitrogens with one attached hydrogen (secondary N) is 1. The third-order valence-corrected chi connectivity index (χ3v) is 3.58. The van der Waals surface area contributed by atoms with E-state index in [1.165, 1.54) is 0 Å². The van der Waals surface area contributed by atoms with Gasteiger partial charge in [-0.05, 0) is 37.6 Å². The fourth-order valence-corrected chi connectivity index (χ4v) is 2.54. The Labute approximate surface area is 110 Å². The van der Waals surface area contributed by atoms with Crippen LogP contribution in [0.15, 0.2) is 29.3 Å². The largest absolute Gasteiger partial charge is 0.315 e. The molecule has 0 unspecified atom stereocenters. The molecule has 1 aliphatic rings. The van der Waals surface area contributed by atoms with E-state index < -0.39 is 0 Å². The molecule has 1 aliphatic heterocycles. The van der Waals surface area contributed by atoms with Crippen LogP contribution in [0.25, 0.3) is 10.9 Å². The first-order valence-corrected chi connectivity index (χ1v) is 6.41. The first-order valence-electron chi connectivity index (χ1n) is 6.41. The molecule has 0 aliphatic carbocycles. The summed E-state index contributed by atoms with van der Waals surface area (Å²) in [5, 5.41) is 12.7. The summed E-state index contributed by atoms with van der Waals surface area (Å²) in [6.07, 6.45) is 3.67. The third kappa shape index (κ3) is 2.11. The molecule has 2 heterocycles. The van der Waals surface area contributed by atoms with Gasteiger partial charge in [0.25, 0.3) is 5.56 Å². The molecule has 1 aromatic heterocycles. The van der Waals surface area contributed by atoms with Gasteiger partial charge in [-0.15, -0.1) is 0 Å². The minimum atomic E-state index is -0.0594. The Bertz CT molecular complexity index is 707. The average molecular weight is 254 g/mol. The van der Waals surface area contributed by atoms with Gasteiger partial charge in [0.05, 0.1) is 34.9 Å². The first-order chi connectivity index (χ1) is 9.29. The lowest BCUT2D eigenvalue weighted by atomic mass is 10.1. The summed E-state index contributed by atoms with van der Waals surface area (Å²) in [6, 6.07) is 7.24. The number of piperidine rings is 1. The fourth-order valence-electron chi connectivity index (χ4n) is 2.54. The molecular weight excluding hydrogens is 240 g/mol. The van der Waals surface area contributed by atoms with Crippen LogP contribution in [-0.4, -0.2) is 22.6 Å². The molecule has 0 radical (unpaired) electrons. The van der Waals surface area contributed by atoms with Gasteiger partial charge in [0.2, 0.25) is 0 Å². The Morgan fingerprint density at radius 2 is 2.37 bits per heavy atom. The maximum Gasteiger partial charge on any atom is 0.261 e. The molecule has 0 bridgehead atoms. The van der Waals surface area contributed by atoms with E-state index in [0.29, 0.717) is 16.5 Å². The van der Waals surface area contributed by atoms with Gasteiger partial charge in [0.1, 0.15) is 0 Å². The Morgan fingerprint density at radius 3 is 3.11 bits per heavy atom. The highest BCUT2D eigenvalue weighted by Gasteiger charge is 2.17. The average Bonchev–Trinajstić information content (AvgIpc) is 2.48. The molecule has 2 aromatic rings. The summed E-state index contributed by atoms with van der Waals surface area (Å²) < 4.78 is 1.69. The van der Waals surface area contributed by atoms with E-state index in [0.717, 1.165) is 25.9 Å². The number of fused-ring (bicyclic) bond motifs is 1. The number of nitriles is 1. The van der Waals surface area contributed by atoms with Crippen LogP contribution in [-0.2, 0) is 0 Å². The van der Waals surface area contributed by atoms with Crippen molar-refractivity contribution in [2.24, 2.45) is 0 Å². The molecule has 96 valence electrons. The van der Waals surface area contributed by atoms with Crippen LogP contribution in [0.1, 0.15) is 24.4 Å². The highest BCUT2D eigenvalue weighted by molar-refractivity contribution is 5.78. The number of hydrogen-bond donors (Lipinski definition) is 1. The maximum absolute atomic E-state index is 12.5. The maximum atomic E-state index is 12.5. The van der Waals surface area contributed by atoms with Crippen molar-refractivity contribution < 1.29 is 0 Å². The zero-order chi connectivity index (χ0) is 13.2. The van der Waals surface area contributed by atoms with Gasteiger partial charge in [0.15, 0.2) is 0 Å². The molecule has 1 aromatic carbocycles. The first kappa shape index (κ1) is 11.9. The minimum absolute atomic E-state index is 0.0594. The van der Waals surface area contributed by atoms with E-state index in [1.807, 2.05) is 0 Å². The van der Waals surface area contributed by atoms with Gasteiger partial charge in [-0.1, -0.05) is 0 Å². The Morgan fingerprint density at radius 1 is 1.47 bits per heavy atom. The molecule has 1 atom stereocenters. The number of rotatable bonds is 1. The van der Waals surface area contributed by atoms with Gasteiger partial charge in [-0.3, -0.25) is 9.36 Å². The van der Waals surface area contributed by atoms with Crippen LogP contribution in [0.2, 0.25) is 0 Å². The Balaban J connectivity index is 2.14. The van der Waals surface area contributed by atoms with Crippen molar-refractivity contribution >= 4 is 10.9 Å². The smallest absolute Gasteiger partial charge is 0.261 e. The van der Waals surface area contributed by atoms with Crippen LogP contribution < -0.4 is 10.9 Å². The summed E-state index contributed by atoms with van der Waals surface area (Å²) in [6.45, 7) is 1.80. The lowest BCUT2D eigenvalue weighted by molar-refractivity contribution is 0.363. The number of aromatic nitrogens is 2. The number of benzene rings is 1. The summed E-state index contributed by atoms with van der Waals surface area (Å²) in [5.41, 5.74) is 1.07. The lowest BCUT2D eigenvalue weighted by Gasteiger charge is -2.24. The standard InChI is InChI=1S/C14H14N4O/c15-7-10-3-4-13-12(6-10)14(19)18(9-17-13)11-2-1-5-16-8-11/h3-4,6,9,11,16H,1-2,5,8H2/t11-/m1/s1. The zero-order valence-electron chi connectivity index (χ0n) is 10.5. The monoisotopic (exact) mass is 254 g/mol. The van der Waals surface area contributed by atoms with Crippen molar-refractivity contribution in [1.29, 1.82) is 5.26 Å². The molecule has 19 heavy (non-hydrogen) atoms. The van der Waals surface area contributed by atoms with Crippen molar-refractivity contribution in [2.75, 3.05) is 13.1 Å². The molecule has 1 N–H and O–H groups in total. The quantitative estimate of drug-likeness (QED) is 0.830. The predicted octanol–water partition coefficient (Wildman–Crippen LogP) is 1.19. The molecule has 5 nitrogen and oxygen atoms in total. The summed E-state index contributed by atoms with van der Waals surface area (Å²) in [4.78, 5) is 16.8. The van der Waals surface area contributed by atoms with Gasteiger partial charge >= 0.3 is 0 Å². The molecule has 5 heteroatoms. The van der Waals surface area contributed by atoms with E-state index in [1.54, 1.807) is 29.1 Å². The van der Waals surface area contributed by atoms with Gasteiger partial charge in [-0.25, -0.2) is 4.98 Å². The van der Waals surface area contributed by atoms with Crippen LogP contribution >= 0.6 is 0 Å². The Kier molecular flexibility index (Phi) is 3.02. The summed E-state index contributed by atoms with van der Waals surface area (Å²) in [5.74, 6) is 0. The highest BCUT2D eigenvalue weighted by atomic mass is 16.1. The second-order valence-electron chi connectivity index (χ2n) is 4.80. The highest BCUT2D eigenvalue weighted by Crippen LogP contribution is 2.16. The lowest BCUT2D eigenvalue weighted by Crippen LogP contribution is -2.36. The van der Waals surface area contributed by atoms with Crippen molar-refractivity contribution in [3.05, 3.63) is 40.4 Å². The molecule has 0 saturated carbocycles. The number of hydrogen-bond acceptors (Lipinski definition) is 4. The second kappa shape index (κ2) is 4.82.